The van der Waals surface area contributed by atoms with E-state index in [1.54, 1.807) is 0 Å². The number of anilines is 1. The number of hydrogen-bond acceptors (Lipinski definition) is 4. The molecule has 1 aromatic heterocycles. The molecule has 0 unspecified atom stereocenters. The highest BCUT2D eigenvalue weighted by Crippen LogP contribution is 2.13. The van der Waals surface area contributed by atoms with Gasteiger partial charge in [-0.15, -0.1) is 0 Å². The standard InChI is InChI=1S/C12H22N4/c1-12(2,3)9-15-11-6-8-14-10(16-11)5-7-13-4/h6,8,13H,5,7,9H2,1-4H3,(H,14,15,16). The van der Waals surface area contributed by atoms with E-state index in [9.17, 15) is 0 Å². The van der Waals surface area contributed by atoms with Gasteiger partial charge in [-0.25, -0.2) is 9.97 Å². The summed E-state index contributed by atoms with van der Waals surface area (Å²) in [6.07, 6.45) is 2.67. The number of rotatable bonds is 5. The summed E-state index contributed by atoms with van der Waals surface area (Å²) in [6, 6.07) is 1.91. The van der Waals surface area contributed by atoms with Crippen LogP contribution < -0.4 is 10.6 Å². The predicted molar refractivity (Wildman–Crippen MR) is 67.6 cm³/mol. The first-order chi connectivity index (χ1) is 7.51. The lowest BCUT2D eigenvalue weighted by Crippen LogP contribution is -2.20. The first-order valence-corrected chi connectivity index (χ1v) is 5.72. The predicted octanol–water partition coefficient (Wildman–Crippen LogP) is 1.70. The molecule has 16 heavy (non-hydrogen) atoms. The van der Waals surface area contributed by atoms with Crippen molar-refractivity contribution < 1.29 is 0 Å². The fraction of sp³-hybridized carbons (Fsp3) is 0.667. The van der Waals surface area contributed by atoms with Crippen LogP contribution >= 0.6 is 0 Å². The molecule has 1 rings (SSSR count). The Labute approximate surface area is 97.9 Å². The Hall–Kier alpha value is -1.16. The molecule has 0 aromatic carbocycles. The van der Waals surface area contributed by atoms with E-state index in [-0.39, 0.29) is 5.41 Å². The van der Waals surface area contributed by atoms with Crippen LogP contribution in [0.2, 0.25) is 0 Å². The highest BCUT2D eigenvalue weighted by molar-refractivity contribution is 5.33. The van der Waals surface area contributed by atoms with E-state index >= 15 is 0 Å². The number of hydrogen-bond donors (Lipinski definition) is 2. The van der Waals surface area contributed by atoms with Crippen LogP contribution in [0.25, 0.3) is 0 Å². The second kappa shape index (κ2) is 5.80. The zero-order chi connectivity index (χ0) is 12.0. The van der Waals surface area contributed by atoms with Crippen molar-refractivity contribution in [1.82, 2.24) is 15.3 Å². The highest BCUT2D eigenvalue weighted by Gasteiger charge is 2.09. The van der Waals surface area contributed by atoms with Gasteiger partial charge in [-0.1, -0.05) is 20.8 Å². The monoisotopic (exact) mass is 222 g/mol. The van der Waals surface area contributed by atoms with E-state index in [1.165, 1.54) is 0 Å². The normalized spacial score (nSPS) is 11.5. The van der Waals surface area contributed by atoms with E-state index in [1.807, 2.05) is 19.3 Å². The SMILES string of the molecule is CNCCc1nccc(NCC(C)(C)C)n1. The first kappa shape index (κ1) is 12.9. The molecule has 0 bridgehead atoms. The molecule has 0 atom stereocenters. The molecule has 0 aliphatic heterocycles. The van der Waals surface area contributed by atoms with Crippen LogP contribution in [0.5, 0.6) is 0 Å². The van der Waals surface area contributed by atoms with Crippen molar-refractivity contribution in [2.24, 2.45) is 5.41 Å². The second-order valence-corrected chi connectivity index (χ2v) is 5.13. The van der Waals surface area contributed by atoms with Gasteiger partial charge < -0.3 is 10.6 Å². The Bertz CT molecular complexity index is 317. The van der Waals surface area contributed by atoms with Crippen molar-refractivity contribution in [3.63, 3.8) is 0 Å². The van der Waals surface area contributed by atoms with E-state index in [0.29, 0.717) is 0 Å². The third-order valence-corrected chi connectivity index (χ3v) is 2.10. The van der Waals surface area contributed by atoms with E-state index in [4.69, 9.17) is 0 Å². The summed E-state index contributed by atoms with van der Waals surface area (Å²) in [7, 11) is 1.93. The van der Waals surface area contributed by atoms with E-state index in [2.05, 4.69) is 41.4 Å². The molecule has 0 saturated heterocycles. The smallest absolute Gasteiger partial charge is 0.131 e. The average Bonchev–Trinajstić information content (AvgIpc) is 2.23. The van der Waals surface area contributed by atoms with Crippen molar-refractivity contribution >= 4 is 5.82 Å². The Morgan fingerprint density at radius 1 is 1.31 bits per heavy atom. The molecule has 90 valence electrons. The maximum absolute atomic E-state index is 4.45. The lowest BCUT2D eigenvalue weighted by atomic mass is 9.97. The molecule has 0 spiro atoms. The molecular weight excluding hydrogens is 200 g/mol. The summed E-state index contributed by atoms with van der Waals surface area (Å²) in [6.45, 7) is 8.41. The van der Waals surface area contributed by atoms with Gasteiger partial charge in [0.2, 0.25) is 0 Å². The molecule has 0 aliphatic carbocycles. The molecule has 4 nitrogen and oxygen atoms in total. The van der Waals surface area contributed by atoms with Gasteiger partial charge in [0.25, 0.3) is 0 Å². The summed E-state index contributed by atoms with van der Waals surface area (Å²) in [5, 5.41) is 6.42. The molecule has 4 heteroatoms. The number of nitrogens with one attached hydrogen (secondary N) is 2. The lowest BCUT2D eigenvalue weighted by Gasteiger charge is -2.19. The molecule has 1 heterocycles. The van der Waals surface area contributed by atoms with Gasteiger partial charge in [0.1, 0.15) is 11.6 Å². The van der Waals surface area contributed by atoms with Gasteiger partial charge in [0.15, 0.2) is 0 Å². The lowest BCUT2D eigenvalue weighted by molar-refractivity contribution is 0.442. The molecule has 2 N–H and O–H groups in total. The Balaban J connectivity index is 2.53. The fourth-order valence-corrected chi connectivity index (χ4v) is 1.21. The van der Waals surface area contributed by atoms with Gasteiger partial charge in [0, 0.05) is 25.7 Å². The number of nitrogens with zero attached hydrogens (tertiary/aromatic N) is 2. The summed E-state index contributed by atoms with van der Waals surface area (Å²) >= 11 is 0. The minimum absolute atomic E-state index is 0.260. The zero-order valence-corrected chi connectivity index (χ0v) is 10.7. The Morgan fingerprint density at radius 2 is 2.06 bits per heavy atom. The van der Waals surface area contributed by atoms with Gasteiger partial charge >= 0.3 is 0 Å². The van der Waals surface area contributed by atoms with Crippen LogP contribution in [0.3, 0.4) is 0 Å². The summed E-state index contributed by atoms with van der Waals surface area (Å²) in [4.78, 5) is 8.68. The zero-order valence-electron chi connectivity index (χ0n) is 10.7. The van der Waals surface area contributed by atoms with Crippen molar-refractivity contribution in [2.75, 3.05) is 25.5 Å². The van der Waals surface area contributed by atoms with Crippen LogP contribution in [0, 0.1) is 5.41 Å². The molecular formula is C12H22N4. The van der Waals surface area contributed by atoms with Crippen LogP contribution in [-0.2, 0) is 6.42 Å². The maximum atomic E-state index is 4.45. The summed E-state index contributed by atoms with van der Waals surface area (Å²) in [5.74, 6) is 1.80. The van der Waals surface area contributed by atoms with E-state index < -0.39 is 0 Å². The first-order valence-electron chi connectivity index (χ1n) is 5.72. The van der Waals surface area contributed by atoms with E-state index in [0.717, 1.165) is 31.2 Å². The summed E-state index contributed by atoms with van der Waals surface area (Å²) < 4.78 is 0. The molecule has 0 amide bonds. The Kier molecular flexibility index (Phi) is 4.68. The van der Waals surface area contributed by atoms with Crippen LogP contribution in [0.1, 0.15) is 26.6 Å². The molecule has 0 fully saturated rings. The minimum Gasteiger partial charge on any atom is -0.369 e. The maximum Gasteiger partial charge on any atom is 0.131 e. The number of likely N-dealkylation sites (N-methyl/N-ethyl adjacent to an activating group) is 1. The number of aromatic nitrogens is 2. The van der Waals surface area contributed by atoms with Gasteiger partial charge in [0.05, 0.1) is 0 Å². The van der Waals surface area contributed by atoms with Crippen molar-refractivity contribution in [3.05, 3.63) is 18.1 Å². The average molecular weight is 222 g/mol. The van der Waals surface area contributed by atoms with Gasteiger partial charge in [-0.2, -0.15) is 0 Å². The largest absolute Gasteiger partial charge is 0.369 e. The van der Waals surface area contributed by atoms with Crippen LogP contribution in [-0.4, -0.2) is 30.1 Å². The minimum atomic E-state index is 0.260. The fourth-order valence-electron chi connectivity index (χ4n) is 1.21. The molecule has 0 aliphatic rings. The van der Waals surface area contributed by atoms with Gasteiger partial charge in [-0.3, -0.25) is 0 Å². The third-order valence-electron chi connectivity index (χ3n) is 2.10. The highest BCUT2D eigenvalue weighted by atomic mass is 15.0. The molecule has 0 saturated carbocycles. The van der Waals surface area contributed by atoms with Gasteiger partial charge in [-0.05, 0) is 18.5 Å². The Morgan fingerprint density at radius 3 is 2.69 bits per heavy atom. The third kappa shape index (κ3) is 5.07. The molecule has 0 radical (unpaired) electrons. The topological polar surface area (TPSA) is 49.8 Å². The molecule has 1 aromatic rings. The quantitative estimate of drug-likeness (QED) is 0.796. The van der Waals surface area contributed by atoms with Crippen LogP contribution in [0.4, 0.5) is 5.82 Å². The van der Waals surface area contributed by atoms with Crippen molar-refractivity contribution in [3.8, 4) is 0 Å². The summed E-state index contributed by atoms with van der Waals surface area (Å²) in [5.41, 5.74) is 0.260. The van der Waals surface area contributed by atoms with Crippen LogP contribution in [0.15, 0.2) is 12.3 Å². The van der Waals surface area contributed by atoms with Crippen molar-refractivity contribution in [1.29, 1.82) is 0 Å². The second-order valence-electron chi connectivity index (χ2n) is 5.13. The van der Waals surface area contributed by atoms with Crippen molar-refractivity contribution in [2.45, 2.75) is 27.2 Å².